The van der Waals surface area contributed by atoms with Crippen molar-refractivity contribution in [2.24, 2.45) is 0 Å². The molecule has 1 aliphatic rings. The van der Waals surface area contributed by atoms with Crippen molar-refractivity contribution in [1.82, 2.24) is 4.72 Å². The summed E-state index contributed by atoms with van der Waals surface area (Å²) in [4.78, 5) is 11.2. The van der Waals surface area contributed by atoms with Crippen molar-refractivity contribution in [2.75, 3.05) is 0 Å². The van der Waals surface area contributed by atoms with Crippen LogP contribution < -0.4 is 4.72 Å². The van der Waals surface area contributed by atoms with Gasteiger partial charge >= 0.3 is 0 Å². The fourth-order valence-corrected chi connectivity index (χ4v) is 2.84. The molecule has 2 rings (SSSR count). The van der Waals surface area contributed by atoms with Crippen LogP contribution in [0.25, 0.3) is 0 Å². The van der Waals surface area contributed by atoms with Gasteiger partial charge in [0.2, 0.25) is 0 Å². The van der Waals surface area contributed by atoms with E-state index in [1.54, 1.807) is 0 Å². The topological polar surface area (TPSA) is 83.5 Å². The van der Waals surface area contributed by atoms with E-state index in [1.165, 1.54) is 12.1 Å². The average molecular weight is 241 g/mol. The Balaban J connectivity index is 2.78. The number of phenolic OH excluding ortho intramolecular Hbond substituents is 1. The first-order valence-electron chi connectivity index (χ1n) is 4.77. The number of benzene rings is 1. The van der Waals surface area contributed by atoms with Crippen LogP contribution in [0.4, 0.5) is 0 Å². The first-order valence-corrected chi connectivity index (χ1v) is 6.25. The lowest BCUT2D eigenvalue weighted by molar-refractivity contribution is 0.0982. The zero-order chi connectivity index (χ0) is 12.1. The monoisotopic (exact) mass is 241 g/mol. The summed E-state index contributed by atoms with van der Waals surface area (Å²) in [6, 6.07) is 2.84. The summed E-state index contributed by atoms with van der Waals surface area (Å²) in [7, 11) is -3.79. The van der Waals surface area contributed by atoms with E-state index >= 15 is 0 Å². The van der Waals surface area contributed by atoms with Crippen molar-refractivity contribution >= 4 is 15.9 Å². The van der Waals surface area contributed by atoms with Gasteiger partial charge in [0.1, 0.15) is 16.2 Å². The number of rotatable bonds is 1. The second-order valence-electron chi connectivity index (χ2n) is 4.00. The fourth-order valence-electron chi connectivity index (χ4n) is 1.62. The molecule has 0 aliphatic carbocycles. The standard InChI is InChI=1S/C10H11NO4S/c1-5(2)6-3-7(12)9-8(4-6)16(14,15)11-10(9)13/h3-5,12H,1-2H3,(H,11,13). The highest BCUT2D eigenvalue weighted by atomic mass is 32.2. The van der Waals surface area contributed by atoms with E-state index < -0.39 is 15.9 Å². The van der Waals surface area contributed by atoms with Crippen LogP contribution in [0, 0.1) is 0 Å². The summed E-state index contributed by atoms with van der Waals surface area (Å²) in [6.45, 7) is 3.75. The maximum Gasteiger partial charge on any atom is 0.270 e. The largest absolute Gasteiger partial charge is 0.507 e. The predicted molar refractivity (Wildman–Crippen MR) is 56.8 cm³/mol. The van der Waals surface area contributed by atoms with Gasteiger partial charge in [-0.2, -0.15) is 0 Å². The number of aromatic hydroxyl groups is 1. The molecule has 0 fully saturated rings. The summed E-state index contributed by atoms with van der Waals surface area (Å²) in [5.74, 6) is -0.996. The molecular weight excluding hydrogens is 230 g/mol. The van der Waals surface area contributed by atoms with Gasteiger partial charge in [-0.1, -0.05) is 13.8 Å². The number of nitrogens with one attached hydrogen (secondary N) is 1. The summed E-state index contributed by atoms with van der Waals surface area (Å²) in [5.41, 5.74) is 0.515. The van der Waals surface area contributed by atoms with Crippen molar-refractivity contribution in [3.8, 4) is 5.75 Å². The Morgan fingerprint density at radius 3 is 2.50 bits per heavy atom. The fraction of sp³-hybridized carbons (Fsp3) is 0.300. The second kappa shape index (κ2) is 3.21. The minimum Gasteiger partial charge on any atom is -0.507 e. The molecule has 5 nitrogen and oxygen atoms in total. The normalized spacial score (nSPS) is 17.3. The van der Waals surface area contributed by atoms with Gasteiger partial charge in [0.25, 0.3) is 15.9 Å². The minimum absolute atomic E-state index is 0.0714. The number of phenols is 1. The molecule has 2 N–H and O–H groups in total. The van der Waals surface area contributed by atoms with Crippen molar-refractivity contribution in [2.45, 2.75) is 24.7 Å². The molecule has 0 saturated heterocycles. The minimum atomic E-state index is -3.79. The van der Waals surface area contributed by atoms with Crippen LogP contribution in [-0.4, -0.2) is 19.4 Å². The van der Waals surface area contributed by atoms with Gasteiger partial charge in [0.15, 0.2) is 0 Å². The van der Waals surface area contributed by atoms with E-state index in [2.05, 4.69) is 0 Å². The molecule has 0 saturated carbocycles. The second-order valence-corrected chi connectivity index (χ2v) is 5.65. The van der Waals surface area contributed by atoms with E-state index in [-0.39, 0.29) is 22.1 Å². The molecule has 0 spiro atoms. The van der Waals surface area contributed by atoms with Gasteiger partial charge in [0.05, 0.1) is 0 Å². The maximum atomic E-state index is 11.5. The number of hydrogen-bond donors (Lipinski definition) is 2. The molecule has 0 unspecified atom stereocenters. The molecule has 6 heteroatoms. The van der Waals surface area contributed by atoms with Crippen LogP contribution in [0.2, 0.25) is 0 Å². The molecule has 16 heavy (non-hydrogen) atoms. The third-order valence-corrected chi connectivity index (χ3v) is 3.87. The van der Waals surface area contributed by atoms with Crippen LogP contribution in [-0.2, 0) is 10.0 Å². The summed E-state index contributed by atoms with van der Waals surface area (Å²) in [6.07, 6.45) is 0. The zero-order valence-corrected chi connectivity index (χ0v) is 9.63. The highest BCUT2D eigenvalue weighted by Crippen LogP contribution is 2.33. The Kier molecular flexibility index (Phi) is 2.20. The Morgan fingerprint density at radius 2 is 1.94 bits per heavy atom. The lowest BCUT2D eigenvalue weighted by Crippen LogP contribution is -2.20. The highest BCUT2D eigenvalue weighted by Gasteiger charge is 2.35. The van der Waals surface area contributed by atoms with Crippen molar-refractivity contribution in [3.63, 3.8) is 0 Å². The lowest BCUT2D eigenvalue weighted by atomic mass is 10.0. The van der Waals surface area contributed by atoms with Gasteiger partial charge in [-0.15, -0.1) is 0 Å². The van der Waals surface area contributed by atoms with Gasteiger partial charge in [-0.3, -0.25) is 4.79 Å². The molecular formula is C10H11NO4S. The van der Waals surface area contributed by atoms with Gasteiger partial charge < -0.3 is 5.11 Å². The molecule has 1 amide bonds. The third kappa shape index (κ3) is 1.46. The summed E-state index contributed by atoms with van der Waals surface area (Å²) >= 11 is 0. The Morgan fingerprint density at radius 1 is 1.31 bits per heavy atom. The van der Waals surface area contributed by atoms with Gasteiger partial charge in [0, 0.05) is 0 Å². The molecule has 1 aromatic rings. The number of sulfonamides is 1. The SMILES string of the molecule is CC(C)c1cc(O)c2c(c1)S(=O)(=O)NC2=O. The molecule has 0 radical (unpaired) electrons. The number of fused-ring (bicyclic) bond motifs is 1. The first kappa shape index (κ1) is 10.9. The van der Waals surface area contributed by atoms with E-state index in [4.69, 9.17) is 0 Å². The van der Waals surface area contributed by atoms with Crippen LogP contribution in [0.1, 0.15) is 35.7 Å². The maximum absolute atomic E-state index is 11.5. The number of carbonyl (C=O) groups is 1. The molecule has 1 aromatic carbocycles. The van der Waals surface area contributed by atoms with Gasteiger partial charge in [-0.05, 0) is 23.6 Å². The summed E-state index contributed by atoms with van der Waals surface area (Å²) in [5, 5.41) is 9.64. The van der Waals surface area contributed by atoms with Gasteiger partial charge in [-0.25, -0.2) is 13.1 Å². The van der Waals surface area contributed by atoms with E-state index in [0.29, 0.717) is 5.56 Å². The van der Waals surface area contributed by atoms with Crippen LogP contribution in [0.3, 0.4) is 0 Å². The first-order chi connectivity index (χ1) is 7.33. The molecule has 1 aliphatic heterocycles. The predicted octanol–water partition coefficient (Wildman–Crippen LogP) is 0.948. The van der Waals surface area contributed by atoms with E-state index in [1.807, 2.05) is 18.6 Å². The third-order valence-electron chi connectivity index (χ3n) is 2.51. The van der Waals surface area contributed by atoms with Crippen molar-refractivity contribution in [3.05, 3.63) is 23.3 Å². The van der Waals surface area contributed by atoms with Crippen molar-refractivity contribution in [1.29, 1.82) is 0 Å². The average Bonchev–Trinajstić information content (AvgIpc) is 2.37. The molecule has 86 valence electrons. The number of hydrogen-bond acceptors (Lipinski definition) is 4. The van der Waals surface area contributed by atoms with E-state index in [0.717, 1.165) is 0 Å². The highest BCUT2D eigenvalue weighted by molar-refractivity contribution is 7.90. The molecule has 1 heterocycles. The number of amides is 1. The van der Waals surface area contributed by atoms with Crippen LogP contribution in [0.15, 0.2) is 17.0 Å². The quantitative estimate of drug-likeness (QED) is 0.766. The Labute approximate surface area is 93.2 Å². The number of carbonyl (C=O) groups excluding carboxylic acids is 1. The lowest BCUT2D eigenvalue weighted by Gasteiger charge is -2.07. The molecule has 0 aromatic heterocycles. The van der Waals surface area contributed by atoms with Crippen LogP contribution >= 0.6 is 0 Å². The smallest absolute Gasteiger partial charge is 0.270 e. The summed E-state index contributed by atoms with van der Waals surface area (Å²) < 4.78 is 24.9. The van der Waals surface area contributed by atoms with Crippen molar-refractivity contribution < 1.29 is 18.3 Å². The Hall–Kier alpha value is -1.56. The molecule has 0 bridgehead atoms. The van der Waals surface area contributed by atoms with E-state index in [9.17, 15) is 18.3 Å². The Bertz CT molecular complexity index is 575. The van der Waals surface area contributed by atoms with Crippen LogP contribution in [0.5, 0.6) is 5.75 Å². The zero-order valence-electron chi connectivity index (χ0n) is 8.81. The molecule has 0 atom stereocenters.